The van der Waals surface area contributed by atoms with Crippen molar-refractivity contribution >= 4 is 23.5 Å². The van der Waals surface area contributed by atoms with E-state index in [-0.39, 0.29) is 6.10 Å². The van der Waals surface area contributed by atoms with Crippen LogP contribution < -0.4 is 25.0 Å². The summed E-state index contributed by atoms with van der Waals surface area (Å²) in [6.07, 6.45) is 4.02. The maximum Gasteiger partial charge on any atom is 0.203 e. The van der Waals surface area contributed by atoms with Crippen molar-refractivity contribution in [1.29, 1.82) is 0 Å². The van der Waals surface area contributed by atoms with Crippen LogP contribution in [-0.4, -0.2) is 51.9 Å². The van der Waals surface area contributed by atoms with Crippen LogP contribution in [0.15, 0.2) is 17.2 Å². The summed E-state index contributed by atoms with van der Waals surface area (Å²) in [5, 5.41) is 7.66. The summed E-state index contributed by atoms with van der Waals surface area (Å²) in [7, 11) is 4.70. The molecule has 0 unspecified atom stereocenters. The van der Waals surface area contributed by atoms with Gasteiger partial charge in [-0.2, -0.15) is 5.10 Å². The Hall–Kier alpha value is -2.06. The molecule has 0 spiro atoms. The van der Waals surface area contributed by atoms with Crippen LogP contribution in [0.3, 0.4) is 0 Å². The van der Waals surface area contributed by atoms with Gasteiger partial charge in [0.2, 0.25) is 5.75 Å². The third kappa shape index (κ3) is 4.97. The van der Waals surface area contributed by atoms with E-state index in [1.807, 2.05) is 0 Å². The van der Waals surface area contributed by atoms with Crippen molar-refractivity contribution in [2.45, 2.75) is 18.9 Å². The minimum Gasteiger partial charge on any atom is -0.493 e. The van der Waals surface area contributed by atoms with Crippen LogP contribution in [0, 0.1) is 0 Å². The molecule has 0 aliphatic carbocycles. The summed E-state index contributed by atoms with van der Waals surface area (Å²) in [4.78, 5) is 0. The average molecular weight is 353 g/mol. The molecule has 0 bridgehead atoms. The van der Waals surface area contributed by atoms with Gasteiger partial charge in [-0.05, 0) is 37.2 Å². The first-order valence-corrected chi connectivity index (χ1v) is 8.07. The number of ether oxygens (including phenoxy) is 4. The van der Waals surface area contributed by atoms with E-state index in [0.29, 0.717) is 28.9 Å². The van der Waals surface area contributed by atoms with Gasteiger partial charge in [0.1, 0.15) is 0 Å². The SMILES string of the molecule is COc1cc(/C=N\NC(=S)NC[C@@H]2CCCO2)cc(OC)c1OC. The molecule has 0 amide bonds. The van der Waals surface area contributed by atoms with Crippen molar-refractivity contribution in [3.05, 3.63) is 17.7 Å². The Kier molecular flexibility index (Phi) is 7.07. The minimum absolute atomic E-state index is 0.226. The van der Waals surface area contributed by atoms with Crippen LogP contribution in [0.5, 0.6) is 17.2 Å². The zero-order chi connectivity index (χ0) is 17.4. The van der Waals surface area contributed by atoms with Gasteiger partial charge >= 0.3 is 0 Å². The number of methoxy groups -OCH3 is 3. The normalized spacial score (nSPS) is 16.9. The highest BCUT2D eigenvalue weighted by molar-refractivity contribution is 7.80. The summed E-state index contributed by atoms with van der Waals surface area (Å²) < 4.78 is 21.4. The van der Waals surface area contributed by atoms with E-state index in [4.69, 9.17) is 31.2 Å². The van der Waals surface area contributed by atoms with Gasteiger partial charge in [-0.3, -0.25) is 5.43 Å². The monoisotopic (exact) mass is 353 g/mol. The standard InChI is InChI=1S/C16H23N3O4S/c1-20-13-7-11(8-14(21-2)15(13)22-3)9-18-19-16(24)17-10-12-5-4-6-23-12/h7-9,12H,4-6,10H2,1-3H3,(H2,17,19,24)/b18-9-/t12-/m0/s1. The average Bonchev–Trinajstić information content (AvgIpc) is 3.12. The highest BCUT2D eigenvalue weighted by Gasteiger charge is 2.15. The number of nitrogens with one attached hydrogen (secondary N) is 2. The molecule has 1 aromatic rings. The largest absolute Gasteiger partial charge is 0.493 e. The van der Waals surface area contributed by atoms with Crippen molar-refractivity contribution in [3.8, 4) is 17.2 Å². The highest BCUT2D eigenvalue weighted by atomic mass is 32.1. The first-order chi connectivity index (χ1) is 11.7. The van der Waals surface area contributed by atoms with E-state index in [1.54, 1.807) is 39.7 Å². The molecule has 1 aliphatic heterocycles. The first kappa shape index (κ1) is 18.3. The van der Waals surface area contributed by atoms with Crippen molar-refractivity contribution < 1.29 is 18.9 Å². The van der Waals surface area contributed by atoms with Crippen molar-refractivity contribution in [3.63, 3.8) is 0 Å². The minimum atomic E-state index is 0.226. The van der Waals surface area contributed by atoms with E-state index in [2.05, 4.69) is 15.8 Å². The number of thiocarbonyl (C=S) groups is 1. The second-order valence-corrected chi connectivity index (χ2v) is 5.58. The molecule has 1 heterocycles. The third-order valence-corrected chi connectivity index (χ3v) is 3.82. The molecular weight excluding hydrogens is 330 g/mol. The molecule has 0 saturated carbocycles. The van der Waals surface area contributed by atoms with E-state index >= 15 is 0 Å². The Balaban J connectivity index is 1.91. The molecule has 7 nitrogen and oxygen atoms in total. The number of benzene rings is 1. The molecule has 0 radical (unpaired) electrons. The summed E-state index contributed by atoms with van der Waals surface area (Å²) in [6.45, 7) is 1.51. The highest BCUT2D eigenvalue weighted by Crippen LogP contribution is 2.37. The van der Waals surface area contributed by atoms with Crippen LogP contribution in [0.1, 0.15) is 18.4 Å². The lowest BCUT2D eigenvalue weighted by Crippen LogP contribution is -2.37. The number of hydrazone groups is 1. The van der Waals surface area contributed by atoms with Gasteiger partial charge in [0.25, 0.3) is 0 Å². The maximum atomic E-state index is 5.52. The van der Waals surface area contributed by atoms with E-state index in [9.17, 15) is 0 Å². The molecule has 1 saturated heterocycles. The Morgan fingerprint density at radius 2 is 2.00 bits per heavy atom. The molecule has 1 aliphatic rings. The second-order valence-electron chi connectivity index (χ2n) is 5.17. The fraction of sp³-hybridized carbons (Fsp3) is 0.500. The van der Waals surface area contributed by atoms with Gasteiger partial charge in [0.05, 0.1) is 33.6 Å². The topological polar surface area (TPSA) is 73.3 Å². The Labute approximate surface area is 147 Å². The van der Waals surface area contributed by atoms with Crippen LogP contribution in [0.4, 0.5) is 0 Å². The fourth-order valence-electron chi connectivity index (χ4n) is 2.39. The lowest BCUT2D eigenvalue weighted by atomic mass is 10.2. The molecule has 1 fully saturated rings. The number of hydrogen-bond donors (Lipinski definition) is 2. The quantitative estimate of drug-likeness (QED) is 0.439. The number of nitrogens with zero attached hydrogens (tertiary/aromatic N) is 1. The predicted molar refractivity (Wildman–Crippen MR) is 96.4 cm³/mol. The zero-order valence-electron chi connectivity index (χ0n) is 14.1. The molecule has 2 rings (SSSR count). The molecular formula is C16H23N3O4S. The lowest BCUT2D eigenvalue weighted by Gasteiger charge is -2.13. The molecule has 132 valence electrons. The fourth-order valence-corrected chi connectivity index (χ4v) is 2.53. The summed E-state index contributed by atoms with van der Waals surface area (Å²) in [5.41, 5.74) is 3.57. The van der Waals surface area contributed by atoms with Crippen molar-refractivity contribution in [2.75, 3.05) is 34.5 Å². The smallest absolute Gasteiger partial charge is 0.203 e. The van der Waals surface area contributed by atoms with Gasteiger partial charge in [-0.1, -0.05) is 0 Å². The predicted octanol–water partition coefficient (Wildman–Crippen LogP) is 1.69. The summed E-state index contributed by atoms with van der Waals surface area (Å²) in [6, 6.07) is 3.60. The van der Waals surface area contributed by atoms with E-state index in [1.165, 1.54) is 0 Å². The number of rotatable bonds is 7. The summed E-state index contributed by atoms with van der Waals surface area (Å²) in [5.74, 6) is 1.67. The van der Waals surface area contributed by atoms with Gasteiger partial charge in [-0.15, -0.1) is 0 Å². The summed E-state index contributed by atoms with van der Waals surface area (Å²) >= 11 is 5.18. The van der Waals surface area contributed by atoms with E-state index < -0.39 is 0 Å². The maximum absolute atomic E-state index is 5.52. The van der Waals surface area contributed by atoms with Crippen molar-refractivity contribution in [2.24, 2.45) is 5.10 Å². The molecule has 24 heavy (non-hydrogen) atoms. The second kappa shape index (κ2) is 9.29. The van der Waals surface area contributed by atoms with Crippen molar-refractivity contribution in [1.82, 2.24) is 10.7 Å². The lowest BCUT2D eigenvalue weighted by molar-refractivity contribution is 0.114. The third-order valence-electron chi connectivity index (χ3n) is 3.58. The number of hydrogen-bond acceptors (Lipinski definition) is 6. The molecule has 2 N–H and O–H groups in total. The van der Waals surface area contributed by atoms with Gasteiger partial charge in [0, 0.05) is 18.7 Å². The van der Waals surface area contributed by atoms with Gasteiger partial charge in [0.15, 0.2) is 16.6 Å². The zero-order valence-corrected chi connectivity index (χ0v) is 14.9. The Bertz CT molecular complexity index is 564. The molecule has 1 aromatic carbocycles. The molecule has 8 heteroatoms. The van der Waals surface area contributed by atoms with Crippen LogP contribution in [-0.2, 0) is 4.74 Å². The molecule has 1 atom stereocenters. The first-order valence-electron chi connectivity index (χ1n) is 7.66. The Morgan fingerprint density at radius 1 is 1.29 bits per heavy atom. The van der Waals surface area contributed by atoms with Gasteiger partial charge < -0.3 is 24.3 Å². The van der Waals surface area contributed by atoms with Crippen LogP contribution in [0.25, 0.3) is 0 Å². The van der Waals surface area contributed by atoms with Crippen LogP contribution >= 0.6 is 12.2 Å². The van der Waals surface area contributed by atoms with E-state index in [0.717, 1.165) is 25.0 Å². The van der Waals surface area contributed by atoms with Gasteiger partial charge in [-0.25, -0.2) is 0 Å². The molecule has 0 aromatic heterocycles. The Morgan fingerprint density at radius 3 is 2.54 bits per heavy atom. The van der Waals surface area contributed by atoms with Crippen LogP contribution in [0.2, 0.25) is 0 Å².